The monoisotopic (exact) mass is 358 g/mol. The number of carbonyl (C=O) groups is 2. The van der Waals surface area contributed by atoms with Crippen molar-refractivity contribution in [3.63, 3.8) is 0 Å². The second-order valence-corrected chi connectivity index (χ2v) is 8.11. The largest absolute Gasteiger partial charge is 0.356 e. The number of thiophene rings is 1. The lowest BCUT2D eigenvalue weighted by Crippen LogP contribution is -2.51. The maximum absolute atomic E-state index is 12.8. The van der Waals surface area contributed by atoms with Crippen LogP contribution in [0.25, 0.3) is 10.1 Å². The lowest BCUT2D eigenvalue weighted by molar-refractivity contribution is -0.133. The number of nitrogens with zero attached hydrogens (tertiary/aromatic N) is 1. The summed E-state index contributed by atoms with van der Waals surface area (Å²) in [7, 11) is 0. The van der Waals surface area contributed by atoms with Gasteiger partial charge in [-0.15, -0.1) is 11.3 Å². The highest BCUT2D eigenvalue weighted by Gasteiger charge is 2.38. The molecule has 1 saturated heterocycles. The molecule has 1 aromatic heterocycles. The Morgan fingerprint density at radius 2 is 2.12 bits per heavy atom. The van der Waals surface area contributed by atoms with Gasteiger partial charge in [0.1, 0.15) is 0 Å². The van der Waals surface area contributed by atoms with E-state index in [-0.39, 0.29) is 11.7 Å². The molecule has 1 aliphatic rings. The molecule has 0 radical (unpaired) electrons. The Balaban J connectivity index is 1.68. The fourth-order valence-corrected chi connectivity index (χ4v) is 4.56. The van der Waals surface area contributed by atoms with E-state index in [0.717, 1.165) is 41.5 Å². The van der Waals surface area contributed by atoms with Crippen LogP contribution in [0.15, 0.2) is 29.6 Å². The number of ketones is 1. The SMILES string of the molecule is CCCNC(=O)C1(C)CCCN(CC(=O)c2csc3ccccc23)C1. The van der Waals surface area contributed by atoms with Crippen LogP contribution >= 0.6 is 11.3 Å². The molecule has 2 aromatic rings. The molecule has 2 heterocycles. The molecule has 0 spiro atoms. The maximum atomic E-state index is 12.8. The molecule has 1 amide bonds. The van der Waals surface area contributed by atoms with Gasteiger partial charge in [0.25, 0.3) is 0 Å². The summed E-state index contributed by atoms with van der Waals surface area (Å²) in [6.45, 7) is 6.71. The van der Waals surface area contributed by atoms with Crippen LogP contribution in [0.2, 0.25) is 0 Å². The van der Waals surface area contributed by atoms with Gasteiger partial charge in [-0.1, -0.05) is 25.1 Å². The van der Waals surface area contributed by atoms with E-state index in [2.05, 4.69) is 17.1 Å². The molecule has 0 aliphatic carbocycles. The van der Waals surface area contributed by atoms with Crippen LogP contribution in [0, 0.1) is 5.41 Å². The van der Waals surface area contributed by atoms with Crippen LogP contribution in [-0.2, 0) is 4.79 Å². The summed E-state index contributed by atoms with van der Waals surface area (Å²) in [5, 5.41) is 6.02. The normalized spacial score (nSPS) is 21.4. The van der Waals surface area contributed by atoms with Crippen molar-refractivity contribution >= 4 is 33.1 Å². The molecule has 5 heteroatoms. The van der Waals surface area contributed by atoms with Gasteiger partial charge < -0.3 is 5.32 Å². The average Bonchev–Trinajstić information content (AvgIpc) is 3.04. The van der Waals surface area contributed by atoms with Gasteiger partial charge in [0.15, 0.2) is 5.78 Å². The van der Waals surface area contributed by atoms with Crippen molar-refractivity contribution in [3.8, 4) is 0 Å². The molecule has 134 valence electrons. The van der Waals surface area contributed by atoms with Crippen LogP contribution in [0.3, 0.4) is 0 Å². The van der Waals surface area contributed by atoms with Gasteiger partial charge in [-0.25, -0.2) is 0 Å². The van der Waals surface area contributed by atoms with Gasteiger partial charge >= 0.3 is 0 Å². The fourth-order valence-electron chi connectivity index (χ4n) is 3.60. The number of amides is 1. The lowest BCUT2D eigenvalue weighted by atomic mass is 9.80. The third-order valence-electron chi connectivity index (χ3n) is 5.01. The van der Waals surface area contributed by atoms with Gasteiger partial charge in [0.05, 0.1) is 12.0 Å². The average molecular weight is 359 g/mol. The van der Waals surface area contributed by atoms with E-state index < -0.39 is 5.41 Å². The highest BCUT2D eigenvalue weighted by atomic mass is 32.1. The molecule has 1 atom stereocenters. The summed E-state index contributed by atoms with van der Waals surface area (Å²) in [5.41, 5.74) is 0.410. The van der Waals surface area contributed by atoms with Crippen molar-refractivity contribution in [2.75, 3.05) is 26.2 Å². The lowest BCUT2D eigenvalue weighted by Gasteiger charge is -2.39. The minimum absolute atomic E-state index is 0.118. The summed E-state index contributed by atoms with van der Waals surface area (Å²) in [4.78, 5) is 27.4. The molecule has 3 rings (SSSR count). The number of nitrogens with one attached hydrogen (secondary N) is 1. The van der Waals surface area contributed by atoms with Gasteiger partial charge in [0, 0.05) is 34.1 Å². The quantitative estimate of drug-likeness (QED) is 0.801. The van der Waals surface area contributed by atoms with Crippen molar-refractivity contribution in [2.24, 2.45) is 5.41 Å². The van der Waals surface area contributed by atoms with E-state index in [9.17, 15) is 9.59 Å². The van der Waals surface area contributed by atoms with Crippen molar-refractivity contribution in [1.82, 2.24) is 10.2 Å². The number of Topliss-reactive ketones (excluding diaryl/α,β-unsaturated/α-hetero) is 1. The number of carbonyl (C=O) groups excluding carboxylic acids is 2. The van der Waals surface area contributed by atoms with Crippen LogP contribution < -0.4 is 5.32 Å². The third kappa shape index (κ3) is 3.93. The highest BCUT2D eigenvalue weighted by Crippen LogP contribution is 2.31. The minimum Gasteiger partial charge on any atom is -0.356 e. The molecule has 1 fully saturated rings. The smallest absolute Gasteiger partial charge is 0.227 e. The van der Waals surface area contributed by atoms with E-state index in [1.165, 1.54) is 0 Å². The van der Waals surface area contributed by atoms with E-state index >= 15 is 0 Å². The maximum Gasteiger partial charge on any atom is 0.227 e. The zero-order valence-corrected chi connectivity index (χ0v) is 15.8. The van der Waals surface area contributed by atoms with E-state index in [1.807, 2.05) is 36.6 Å². The summed E-state index contributed by atoms with van der Waals surface area (Å²) >= 11 is 1.61. The first-order valence-electron chi connectivity index (χ1n) is 9.03. The van der Waals surface area contributed by atoms with Crippen molar-refractivity contribution in [2.45, 2.75) is 33.1 Å². The molecule has 0 bridgehead atoms. The van der Waals surface area contributed by atoms with Gasteiger partial charge in [-0.3, -0.25) is 14.5 Å². The molecule has 1 aromatic carbocycles. The molecular weight excluding hydrogens is 332 g/mol. The summed E-state index contributed by atoms with van der Waals surface area (Å²) in [6, 6.07) is 8.03. The van der Waals surface area contributed by atoms with E-state index in [1.54, 1.807) is 11.3 Å². The summed E-state index contributed by atoms with van der Waals surface area (Å²) < 4.78 is 1.15. The Morgan fingerprint density at radius 1 is 1.32 bits per heavy atom. The fraction of sp³-hybridized carbons (Fsp3) is 0.500. The van der Waals surface area contributed by atoms with Crippen molar-refractivity contribution in [3.05, 3.63) is 35.2 Å². The Hall–Kier alpha value is -1.72. The highest BCUT2D eigenvalue weighted by molar-refractivity contribution is 7.17. The third-order valence-corrected chi connectivity index (χ3v) is 5.97. The van der Waals surface area contributed by atoms with Gasteiger partial charge in [-0.05, 0) is 38.8 Å². The van der Waals surface area contributed by atoms with Crippen LogP contribution in [0.5, 0.6) is 0 Å². The Bertz CT molecular complexity index is 770. The summed E-state index contributed by atoms with van der Waals surface area (Å²) in [5.74, 6) is 0.267. The summed E-state index contributed by atoms with van der Waals surface area (Å²) in [6.07, 6.45) is 2.78. The molecule has 1 aliphatic heterocycles. The number of fused-ring (bicyclic) bond motifs is 1. The number of benzene rings is 1. The van der Waals surface area contributed by atoms with Gasteiger partial charge in [-0.2, -0.15) is 0 Å². The Labute approximate surface area is 153 Å². The molecule has 25 heavy (non-hydrogen) atoms. The van der Waals surface area contributed by atoms with Crippen molar-refractivity contribution in [1.29, 1.82) is 0 Å². The first-order chi connectivity index (χ1) is 12.0. The molecule has 0 saturated carbocycles. The van der Waals surface area contributed by atoms with Crippen LogP contribution in [0.1, 0.15) is 43.5 Å². The zero-order valence-electron chi connectivity index (χ0n) is 15.0. The Kier molecular flexibility index (Phi) is 5.54. The second-order valence-electron chi connectivity index (χ2n) is 7.20. The number of rotatable bonds is 6. The van der Waals surface area contributed by atoms with Crippen LogP contribution in [0.4, 0.5) is 0 Å². The molecule has 1 unspecified atom stereocenters. The van der Waals surface area contributed by atoms with E-state index in [0.29, 0.717) is 19.6 Å². The van der Waals surface area contributed by atoms with Gasteiger partial charge in [0.2, 0.25) is 5.91 Å². The minimum atomic E-state index is -0.398. The second kappa shape index (κ2) is 7.67. The Morgan fingerprint density at radius 3 is 2.92 bits per heavy atom. The number of likely N-dealkylation sites (tertiary alicyclic amines) is 1. The predicted octanol–water partition coefficient (Wildman–Crippen LogP) is 3.71. The zero-order chi connectivity index (χ0) is 17.9. The van der Waals surface area contributed by atoms with Crippen molar-refractivity contribution < 1.29 is 9.59 Å². The molecule has 4 nitrogen and oxygen atoms in total. The van der Waals surface area contributed by atoms with E-state index in [4.69, 9.17) is 0 Å². The first-order valence-corrected chi connectivity index (χ1v) is 9.91. The standard InChI is InChI=1S/C20H26N2O2S/c1-3-10-21-19(24)20(2)9-6-11-22(14-20)12-17(23)16-13-25-18-8-5-4-7-15(16)18/h4-5,7-8,13H,3,6,9-12,14H2,1-2H3,(H,21,24). The van der Waals surface area contributed by atoms with Crippen LogP contribution in [-0.4, -0.2) is 42.8 Å². The number of piperidine rings is 1. The topological polar surface area (TPSA) is 49.4 Å². The number of hydrogen-bond acceptors (Lipinski definition) is 4. The predicted molar refractivity (Wildman–Crippen MR) is 103 cm³/mol. The molecular formula is C20H26N2O2S. The number of hydrogen-bond donors (Lipinski definition) is 1. The molecule has 1 N–H and O–H groups in total. The first kappa shape index (κ1) is 18.1.